The summed E-state index contributed by atoms with van der Waals surface area (Å²) >= 11 is 0. The molecule has 24 heavy (non-hydrogen) atoms. The highest BCUT2D eigenvalue weighted by molar-refractivity contribution is 5.92. The van der Waals surface area contributed by atoms with E-state index in [9.17, 15) is 9.59 Å². The summed E-state index contributed by atoms with van der Waals surface area (Å²) in [5.74, 6) is -0.338. The molecule has 1 atom stereocenters. The van der Waals surface area contributed by atoms with Crippen molar-refractivity contribution in [1.29, 1.82) is 0 Å². The number of hydrogen-bond acceptors (Lipinski definition) is 6. The van der Waals surface area contributed by atoms with Crippen molar-refractivity contribution in [2.45, 2.75) is 38.1 Å². The number of hydrazine groups is 1. The number of rotatable bonds is 8. The van der Waals surface area contributed by atoms with E-state index >= 15 is 0 Å². The van der Waals surface area contributed by atoms with E-state index < -0.39 is 11.9 Å². The lowest BCUT2D eigenvalue weighted by Gasteiger charge is -2.30. The second-order valence-corrected chi connectivity index (χ2v) is 5.85. The third kappa shape index (κ3) is 5.54. The number of aromatic nitrogens is 2. The maximum absolute atomic E-state index is 12.5. The van der Waals surface area contributed by atoms with Crippen molar-refractivity contribution >= 4 is 11.8 Å². The molecular formula is C16H25N5O3. The molecule has 1 aromatic rings. The SMILES string of the molecule is COCCNC(=O)C(NNC(=O)c1cnccn1)C1CCCCC1. The van der Waals surface area contributed by atoms with Gasteiger partial charge in [0.1, 0.15) is 11.7 Å². The molecule has 0 saturated heterocycles. The number of ether oxygens (including phenoxy) is 1. The van der Waals surface area contributed by atoms with Crippen LogP contribution in [-0.2, 0) is 9.53 Å². The van der Waals surface area contributed by atoms with Crippen molar-refractivity contribution in [3.63, 3.8) is 0 Å². The lowest BCUT2D eigenvalue weighted by atomic mass is 9.84. The first-order chi connectivity index (χ1) is 11.7. The van der Waals surface area contributed by atoms with Crippen LogP contribution >= 0.6 is 0 Å². The van der Waals surface area contributed by atoms with E-state index in [1.165, 1.54) is 25.0 Å². The molecule has 8 heteroatoms. The van der Waals surface area contributed by atoms with Crippen LogP contribution in [0.25, 0.3) is 0 Å². The van der Waals surface area contributed by atoms with Gasteiger partial charge in [-0.1, -0.05) is 19.3 Å². The van der Waals surface area contributed by atoms with Crippen molar-refractivity contribution in [2.75, 3.05) is 20.3 Å². The Bertz CT molecular complexity index is 520. The molecule has 1 heterocycles. The van der Waals surface area contributed by atoms with Gasteiger partial charge in [0.05, 0.1) is 12.8 Å². The molecule has 8 nitrogen and oxygen atoms in total. The van der Waals surface area contributed by atoms with Gasteiger partial charge in [0.2, 0.25) is 5.91 Å². The molecule has 1 aromatic heterocycles. The van der Waals surface area contributed by atoms with Gasteiger partial charge in [-0.05, 0) is 18.8 Å². The Kier molecular flexibility index (Phi) is 7.57. The molecule has 0 aromatic carbocycles. The monoisotopic (exact) mass is 335 g/mol. The first kappa shape index (κ1) is 18.3. The Balaban J connectivity index is 1.94. The Morgan fingerprint density at radius 2 is 2.08 bits per heavy atom. The molecule has 0 radical (unpaired) electrons. The fourth-order valence-corrected chi connectivity index (χ4v) is 2.87. The summed E-state index contributed by atoms with van der Waals surface area (Å²) in [5, 5.41) is 2.84. The first-order valence-corrected chi connectivity index (χ1v) is 8.31. The van der Waals surface area contributed by atoms with Crippen molar-refractivity contribution < 1.29 is 14.3 Å². The highest BCUT2D eigenvalue weighted by Gasteiger charge is 2.29. The van der Waals surface area contributed by atoms with Crippen molar-refractivity contribution in [3.8, 4) is 0 Å². The number of nitrogens with zero attached hydrogens (tertiary/aromatic N) is 2. The molecule has 1 aliphatic rings. The molecule has 0 aliphatic heterocycles. The van der Waals surface area contributed by atoms with Crippen LogP contribution in [0.15, 0.2) is 18.6 Å². The lowest BCUT2D eigenvalue weighted by Crippen LogP contribution is -2.55. The number of hydrogen-bond donors (Lipinski definition) is 3. The number of amides is 2. The highest BCUT2D eigenvalue weighted by atomic mass is 16.5. The highest BCUT2D eigenvalue weighted by Crippen LogP contribution is 2.26. The van der Waals surface area contributed by atoms with Crippen LogP contribution in [0.5, 0.6) is 0 Å². The summed E-state index contributed by atoms with van der Waals surface area (Å²) in [7, 11) is 1.59. The number of methoxy groups -OCH3 is 1. The minimum atomic E-state index is -0.470. The van der Waals surface area contributed by atoms with Crippen LogP contribution in [0.1, 0.15) is 42.6 Å². The summed E-state index contributed by atoms with van der Waals surface area (Å²) in [4.78, 5) is 32.4. The van der Waals surface area contributed by atoms with Gasteiger partial charge < -0.3 is 10.1 Å². The molecule has 0 bridgehead atoms. The molecule has 1 saturated carbocycles. The lowest BCUT2D eigenvalue weighted by molar-refractivity contribution is -0.125. The molecular weight excluding hydrogens is 310 g/mol. The Morgan fingerprint density at radius 3 is 2.75 bits per heavy atom. The van der Waals surface area contributed by atoms with Crippen LogP contribution in [0.4, 0.5) is 0 Å². The zero-order valence-electron chi connectivity index (χ0n) is 14.0. The zero-order chi connectivity index (χ0) is 17.2. The van der Waals surface area contributed by atoms with E-state index in [1.807, 2.05) is 0 Å². The van der Waals surface area contributed by atoms with Crippen LogP contribution in [0.3, 0.4) is 0 Å². The maximum Gasteiger partial charge on any atom is 0.285 e. The molecule has 2 rings (SSSR count). The standard InChI is InChI=1S/C16H25N5O3/c1-24-10-9-19-16(23)14(12-5-3-2-4-6-12)20-21-15(22)13-11-17-7-8-18-13/h7-8,11-12,14,20H,2-6,9-10H2,1H3,(H,19,23)(H,21,22). The van der Waals surface area contributed by atoms with E-state index in [0.717, 1.165) is 25.7 Å². The third-order valence-electron chi connectivity index (χ3n) is 4.15. The van der Waals surface area contributed by atoms with E-state index in [0.29, 0.717) is 13.2 Å². The van der Waals surface area contributed by atoms with Gasteiger partial charge in [-0.25, -0.2) is 10.4 Å². The van der Waals surface area contributed by atoms with Crippen molar-refractivity contribution in [1.82, 2.24) is 26.1 Å². The predicted molar refractivity (Wildman–Crippen MR) is 87.9 cm³/mol. The van der Waals surface area contributed by atoms with Gasteiger partial charge in [0.15, 0.2) is 0 Å². The van der Waals surface area contributed by atoms with Gasteiger partial charge in [-0.2, -0.15) is 0 Å². The number of nitrogens with one attached hydrogen (secondary N) is 3. The first-order valence-electron chi connectivity index (χ1n) is 8.31. The maximum atomic E-state index is 12.5. The van der Waals surface area contributed by atoms with Gasteiger partial charge >= 0.3 is 0 Å². The Labute approximate surface area is 141 Å². The van der Waals surface area contributed by atoms with Crippen LogP contribution in [-0.4, -0.2) is 48.1 Å². The van der Waals surface area contributed by atoms with Gasteiger partial charge in [0.25, 0.3) is 5.91 Å². The fourth-order valence-electron chi connectivity index (χ4n) is 2.87. The molecule has 1 fully saturated rings. The summed E-state index contributed by atoms with van der Waals surface area (Å²) in [6.07, 6.45) is 9.67. The summed E-state index contributed by atoms with van der Waals surface area (Å²) in [6, 6.07) is -0.470. The van der Waals surface area contributed by atoms with Crippen LogP contribution in [0.2, 0.25) is 0 Å². The van der Waals surface area contributed by atoms with E-state index in [1.54, 1.807) is 7.11 Å². The molecule has 1 unspecified atom stereocenters. The molecule has 3 N–H and O–H groups in total. The van der Waals surface area contributed by atoms with E-state index in [2.05, 4.69) is 26.1 Å². The van der Waals surface area contributed by atoms with E-state index in [-0.39, 0.29) is 17.5 Å². The zero-order valence-corrected chi connectivity index (χ0v) is 14.0. The molecule has 0 spiro atoms. The van der Waals surface area contributed by atoms with Crippen LogP contribution < -0.4 is 16.2 Å². The quantitative estimate of drug-likeness (QED) is 0.470. The average Bonchev–Trinajstić information content (AvgIpc) is 2.63. The Morgan fingerprint density at radius 1 is 1.29 bits per heavy atom. The van der Waals surface area contributed by atoms with Gasteiger partial charge in [-0.15, -0.1) is 0 Å². The molecule has 2 amide bonds. The third-order valence-corrected chi connectivity index (χ3v) is 4.15. The van der Waals surface area contributed by atoms with Gasteiger partial charge in [-0.3, -0.25) is 20.0 Å². The fraction of sp³-hybridized carbons (Fsp3) is 0.625. The van der Waals surface area contributed by atoms with Gasteiger partial charge in [0, 0.05) is 26.0 Å². The Hall–Kier alpha value is -2.06. The van der Waals surface area contributed by atoms with E-state index in [4.69, 9.17) is 4.74 Å². The molecule has 132 valence electrons. The minimum absolute atomic E-state index is 0.126. The predicted octanol–water partition coefficient (Wildman–Crippen LogP) is 0.423. The van der Waals surface area contributed by atoms with Crippen molar-refractivity contribution in [3.05, 3.63) is 24.3 Å². The second kappa shape index (κ2) is 9.94. The van der Waals surface area contributed by atoms with Crippen LogP contribution in [0, 0.1) is 5.92 Å². The largest absolute Gasteiger partial charge is 0.383 e. The topological polar surface area (TPSA) is 105 Å². The summed E-state index contributed by atoms with van der Waals surface area (Å²) in [6.45, 7) is 0.896. The number of carbonyl (C=O) groups excluding carboxylic acids is 2. The summed E-state index contributed by atoms with van der Waals surface area (Å²) < 4.78 is 4.95. The minimum Gasteiger partial charge on any atom is -0.383 e. The average molecular weight is 335 g/mol. The number of carbonyl (C=O) groups is 2. The normalized spacial score (nSPS) is 16.4. The smallest absolute Gasteiger partial charge is 0.285 e. The second-order valence-electron chi connectivity index (χ2n) is 5.85. The van der Waals surface area contributed by atoms with Crippen molar-refractivity contribution in [2.24, 2.45) is 5.92 Å². The summed E-state index contributed by atoms with van der Waals surface area (Å²) in [5.41, 5.74) is 5.68. The molecule has 1 aliphatic carbocycles.